The van der Waals surface area contributed by atoms with Gasteiger partial charge in [0.1, 0.15) is 0 Å². The van der Waals surface area contributed by atoms with Gasteiger partial charge < -0.3 is 11.1 Å². The fourth-order valence-corrected chi connectivity index (χ4v) is 1.47. The number of hydrogen-bond donors (Lipinski definition) is 2. The zero-order valence-corrected chi connectivity index (χ0v) is 10.2. The second kappa shape index (κ2) is 5.65. The predicted octanol–water partition coefficient (Wildman–Crippen LogP) is 0.766. The summed E-state index contributed by atoms with van der Waals surface area (Å²) in [5, 5.41) is 2.65. The largest absolute Gasteiger partial charge is 0.398 e. The van der Waals surface area contributed by atoms with E-state index in [1.165, 1.54) is 0 Å². The first kappa shape index (κ1) is 12.7. The summed E-state index contributed by atoms with van der Waals surface area (Å²) in [6.07, 6.45) is 1.62. The van der Waals surface area contributed by atoms with Crippen LogP contribution in [0.2, 0.25) is 0 Å². The van der Waals surface area contributed by atoms with Crippen molar-refractivity contribution in [1.82, 2.24) is 5.32 Å². The van der Waals surface area contributed by atoms with E-state index in [1.54, 1.807) is 30.5 Å². The number of rotatable bonds is 4. The highest BCUT2D eigenvalue weighted by Crippen LogP contribution is 2.09. The Labute approximate surface area is 97.7 Å². The maximum atomic E-state index is 11.7. The van der Waals surface area contributed by atoms with Crippen molar-refractivity contribution in [2.45, 2.75) is 12.2 Å². The standard InChI is InChI=1S/C11H16N2O2S/c1-8(16(2)15)7-13-11(14)9-5-3-4-6-10(9)12/h3-6,8H,7,12H2,1-2H3,(H,13,14). The molecule has 5 heteroatoms. The highest BCUT2D eigenvalue weighted by Gasteiger charge is 2.11. The average molecular weight is 240 g/mol. The SMILES string of the molecule is CC(CNC(=O)c1ccccc1N)S(C)=O. The molecule has 0 aliphatic heterocycles. The summed E-state index contributed by atoms with van der Waals surface area (Å²) in [7, 11) is -0.934. The van der Waals surface area contributed by atoms with Gasteiger partial charge >= 0.3 is 0 Å². The second-order valence-corrected chi connectivity index (χ2v) is 5.41. The van der Waals surface area contributed by atoms with Crippen LogP contribution in [0.3, 0.4) is 0 Å². The molecule has 1 amide bonds. The van der Waals surface area contributed by atoms with Gasteiger partial charge in [-0.2, -0.15) is 0 Å². The summed E-state index contributed by atoms with van der Waals surface area (Å²) in [6, 6.07) is 6.87. The Morgan fingerprint density at radius 1 is 1.50 bits per heavy atom. The molecular weight excluding hydrogens is 224 g/mol. The van der Waals surface area contributed by atoms with Crippen molar-refractivity contribution in [2.75, 3.05) is 18.5 Å². The van der Waals surface area contributed by atoms with Crippen LogP contribution in [0.5, 0.6) is 0 Å². The second-order valence-electron chi connectivity index (χ2n) is 3.61. The van der Waals surface area contributed by atoms with Gasteiger partial charge in [0.15, 0.2) is 0 Å². The Kier molecular flexibility index (Phi) is 4.49. The van der Waals surface area contributed by atoms with Crippen LogP contribution in [-0.2, 0) is 10.8 Å². The molecular formula is C11H16N2O2S. The molecule has 0 saturated heterocycles. The van der Waals surface area contributed by atoms with E-state index in [1.807, 2.05) is 6.92 Å². The van der Waals surface area contributed by atoms with Crippen molar-refractivity contribution in [2.24, 2.45) is 0 Å². The van der Waals surface area contributed by atoms with Crippen LogP contribution in [0, 0.1) is 0 Å². The van der Waals surface area contributed by atoms with Gasteiger partial charge in [-0.05, 0) is 19.1 Å². The number of para-hydroxylation sites is 1. The van der Waals surface area contributed by atoms with Crippen LogP contribution in [0.4, 0.5) is 5.69 Å². The molecule has 2 atom stereocenters. The Hall–Kier alpha value is -1.36. The van der Waals surface area contributed by atoms with E-state index < -0.39 is 10.8 Å². The van der Waals surface area contributed by atoms with E-state index in [0.29, 0.717) is 17.8 Å². The van der Waals surface area contributed by atoms with Crippen LogP contribution in [0.1, 0.15) is 17.3 Å². The lowest BCUT2D eigenvalue weighted by Gasteiger charge is -2.10. The molecule has 0 aliphatic rings. The van der Waals surface area contributed by atoms with E-state index in [9.17, 15) is 9.00 Å². The fraction of sp³-hybridized carbons (Fsp3) is 0.364. The molecule has 0 aliphatic carbocycles. The summed E-state index contributed by atoms with van der Waals surface area (Å²) >= 11 is 0. The maximum Gasteiger partial charge on any atom is 0.253 e. The van der Waals surface area contributed by atoms with Gasteiger partial charge in [-0.25, -0.2) is 0 Å². The molecule has 0 bridgehead atoms. The topological polar surface area (TPSA) is 72.2 Å². The Morgan fingerprint density at radius 3 is 2.69 bits per heavy atom. The minimum atomic E-state index is -0.934. The Bertz CT molecular complexity index is 407. The van der Waals surface area contributed by atoms with Gasteiger partial charge in [-0.3, -0.25) is 9.00 Å². The van der Waals surface area contributed by atoms with Crippen molar-refractivity contribution in [1.29, 1.82) is 0 Å². The summed E-state index contributed by atoms with van der Waals surface area (Å²) in [5.74, 6) is -0.226. The molecule has 0 aromatic heterocycles. The normalized spacial score (nSPS) is 14.1. The number of nitrogens with one attached hydrogen (secondary N) is 1. The molecule has 16 heavy (non-hydrogen) atoms. The molecule has 2 unspecified atom stereocenters. The fourth-order valence-electron chi connectivity index (χ4n) is 1.15. The van der Waals surface area contributed by atoms with Crippen LogP contribution >= 0.6 is 0 Å². The first-order valence-corrected chi connectivity index (χ1v) is 6.59. The third kappa shape index (κ3) is 3.34. The van der Waals surface area contributed by atoms with Gasteiger partial charge in [0.05, 0.1) is 5.56 Å². The molecule has 1 aromatic rings. The van der Waals surface area contributed by atoms with Gasteiger partial charge in [-0.15, -0.1) is 0 Å². The number of carbonyl (C=O) groups is 1. The number of benzene rings is 1. The summed E-state index contributed by atoms with van der Waals surface area (Å²) in [5.41, 5.74) is 6.57. The van der Waals surface area contributed by atoms with E-state index in [4.69, 9.17) is 5.73 Å². The van der Waals surface area contributed by atoms with Crippen LogP contribution < -0.4 is 11.1 Å². The number of nitrogen functional groups attached to an aromatic ring is 1. The maximum absolute atomic E-state index is 11.7. The molecule has 0 radical (unpaired) electrons. The number of carbonyl (C=O) groups excluding carboxylic acids is 1. The lowest BCUT2D eigenvalue weighted by Crippen LogP contribution is -2.32. The number of anilines is 1. The minimum absolute atomic E-state index is 0.0612. The average Bonchev–Trinajstić information content (AvgIpc) is 2.25. The summed E-state index contributed by atoms with van der Waals surface area (Å²) < 4.78 is 11.1. The number of hydrogen-bond acceptors (Lipinski definition) is 3. The summed E-state index contributed by atoms with van der Waals surface area (Å²) in [4.78, 5) is 11.7. The minimum Gasteiger partial charge on any atom is -0.398 e. The Morgan fingerprint density at radius 2 is 2.12 bits per heavy atom. The van der Waals surface area contributed by atoms with E-state index in [-0.39, 0.29) is 11.2 Å². The number of nitrogens with two attached hydrogens (primary N) is 1. The molecule has 88 valence electrons. The quantitative estimate of drug-likeness (QED) is 0.763. The summed E-state index contributed by atoms with van der Waals surface area (Å²) in [6.45, 7) is 2.21. The van der Waals surface area contributed by atoms with Crippen LogP contribution in [0.15, 0.2) is 24.3 Å². The lowest BCUT2D eigenvalue weighted by atomic mass is 10.1. The van der Waals surface area contributed by atoms with E-state index in [2.05, 4.69) is 5.32 Å². The molecule has 1 aromatic carbocycles. The van der Waals surface area contributed by atoms with Crippen LogP contribution in [0.25, 0.3) is 0 Å². The van der Waals surface area contributed by atoms with Gasteiger partial charge in [0, 0.05) is 34.5 Å². The molecule has 0 fully saturated rings. The highest BCUT2D eigenvalue weighted by molar-refractivity contribution is 7.84. The Balaban J connectivity index is 2.60. The van der Waals surface area contributed by atoms with Crippen molar-refractivity contribution in [3.8, 4) is 0 Å². The van der Waals surface area contributed by atoms with Crippen molar-refractivity contribution >= 4 is 22.4 Å². The molecule has 4 nitrogen and oxygen atoms in total. The molecule has 0 heterocycles. The van der Waals surface area contributed by atoms with Gasteiger partial charge in [0.25, 0.3) is 5.91 Å². The highest BCUT2D eigenvalue weighted by atomic mass is 32.2. The zero-order chi connectivity index (χ0) is 12.1. The number of amides is 1. The van der Waals surface area contributed by atoms with E-state index >= 15 is 0 Å². The molecule has 1 rings (SSSR count). The van der Waals surface area contributed by atoms with Gasteiger partial charge in [-0.1, -0.05) is 12.1 Å². The van der Waals surface area contributed by atoms with Crippen molar-refractivity contribution in [3.05, 3.63) is 29.8 Å². The van der Waals surface area contributed by atoms with E-state index in [0.717, 1.165) is 0 Å². The smallest absolute Gasteiger partial charge is 0.253 e. The monoisotopic (exact) mass is 240 g/mol. The molecule has 0 spiro atoms. The van der Waals surface area contributed by atoms with Crippen LogP contribution in [-0.4, -0.2) is 28.2 Å². The molecule has 0 saturated carbocycles. The first-order valence-electron chi connectivity index (χ1n) is 4.97. The lowest BCUT2D eigenvalue weighted by molar-refractivity contribution is 0.0955. The third-order valence-electron chi connectivity index (χ3n) is 2.32. The van der Waals surface area contributed by atoms with Gasteiger partial charge in [0.2, 0.25) is 0 Å². The molecule has 3 N–H and O–H groups in total. The zero-order valence-electron chi connectivity index (χ0n) is 9.40. The van der Waals surface area contributed by atoms with Crippen molar-refractivity contribution < 1.29 is 9.00 Å². The third-order valence-corrected chi connectivity index (χ3v) is 3.62. The predicted molar refractivity (Wildman–Crippen MR) is 66.7 cm³/mol. The van der Waals surface area contributed by atoms with Crippen molar-refractivity contribution in [3.63, 3.8) is 0 Å². The first-order chi connectivity index (χ1) is 7.52.